The Morgan fingerprint density at radius 2 is 1.51 bits per heavy atom. The van der Waals surface area contributed by atoms with E-state index < -0.39 is 10.0 Å². The van der Waals surface area contributed by atoms with Gasteiger partial charge in [-0.1, -0.05) is 54.6 Å². The molecule has 3 aromatic carbocycles. The van der Waals surface area contributed by atoms with Gasteiger partial charge in [0.1, 0.15) is 0 Å². The lowest BCUT2D eigenvalue weighted by molar-refractivity contribution is 0.0628. The molecule has 1 N–H and O–H groups in total. The van der Waals surface area contributed by atoms with Crippen LogP contribution in [-0.4, -0.2) is 55.3 Å². The fourth-order valence-electron chi connectivity index (χ4n) is 4.31. The van der Waals surface area contributed by atoms with Crippen LogP contribution < -0.4 is 4.72 Å². The molecular formula is C27H26N4O3S. The third kappa shape index (κ3) is 5.18. The zero-order valence-corrected chi connectivity index (χ0v) is 20.0. The molecule has 8 heteroatoms. The minimum atomic E-state index is -3.83. The lowest BCUT2D eigenvalue weighted by Crippen LogP contribution is -2.48. The number of aromatic nitrogens is 1. The number of amides is 1. The molecule has 35 heavy (non-hydrogen) atoms. The van der Waals surface area contributed by atoms with Gasteiger partial charge < -0.3 is 4.90 Å². The Hall–Kier alpha value is -3.75. The van der Waals surface area contributed by atoms with Gasteiger partial charge in [-0.25, -0.2) is 8.42 Å². The van der Waals surface area contributed by atoms with E-state index in [1.54, 1.807) is 18.3 Å². The van der Waals surface area contributed by atoms with Crippen molar-refractivity contribution < 1.29 is 13.2 Å². The van der Waals surface area contributed by atoms with Gasteiger partial charge in [-0.05, 0) is 29.8 Å². The maximum Gasteiger partial charge on any atom is 0.261 e. The summed E-state index contributed by atoms with van der Waals surface area (Å²) >= 11 is 0. The number of anilines is 1. The lowest BCUT2D eigenvalue weighted by Gasteiger charge is -2.34. The van der Waals surface area contributed by atoms with Gasteiger partial charge in [0, 0.05) is 55.3 Å². The molecule has 0 radical (unpaired) electrons. The van der Waals surface area contributed by atoms with E-state index >= 15 is 0 Å². The average molecular weight is 487 g/mol. The first-order valence-corrected chi connectivity index (χ1v) is 13.0. The highest BCUT2D eigenvalue weighted by Gasteiger charge is 2.23. The SMILES string of the molecule is O=C(c1ccc(S(=O)(=O)Nc2cncc3ccccc23)cc1)N1CCN(Cc2ccccc2)CC1. The van der Waals surface area contributed by atoms with E-state index in [1.807, 2.05) is 47.4 Å². The quantitative estimate of drug-likeness (QED) is 0.446. The van der Waals surface area contributed by atoms with Crippen LogP contribution in [0.25, 0.3) is 10.8 Å². The molecule has 2 heterocycles. The summed E-state index contributed by atoms with van der Waals surface area (Å²) in [4.78, 5) is 21.4. The van der Waals surface area contributed by atoms with Crippen LogP contribution in [0.5, 0.6) is 0 Å². The normalized spacial score (nSPS) is 14.7. The van der Waals surface area contributed by atoms with Crippen molar-refractivity contribution >= 4 is 32.4 Å². The van der Waals surface area contributed by atoms with E-state index in [9.17, 15) is 13.2 Å². The summed E-state index contributed by atoms with van der Waals surface area (Å²) in [6.07, 6.45) is 3.18. The molecule has 1 amide bonds. The van der Waals surface area contributed by atoms with Gasteiger partial charge in [-0.2, -0.15) is 0 Å². The van der Waals surface area contributed by atoms with Crippen LogP contribution in [0.4, 0.5) is 5.69 Å². The number of rotatable bonds is 6. The average Bonchev–Trinajstić information content (AvgIpc) is 2.89. The number of hydrogen-bond donors (Lipinski definition) is 1. The van der Waals surface area contributed by atoms with Crippen molar-refractivity contribution in [3.05, 3.63) is 102 Å². The van der Waals surface area contributed by atoms with Crippen LogP contribution in [0, 0.1) is 0 Å². The van der Waals surface area contributed by atoms with Crippen LogP contribution in [0.2, 0.25) is 0 Å². The number of carbonyl (C=O) groups excluding carboxylic acids is 1. The summed E-state index contributed by atoms with van der Waals surface area (Å²) < 4.78 is 28.6. The molecule has 1 aliphatic rings. The van der Waals surface area contributed by atoms with Gasteiger partial charge in [-0.3, -0.25) is 19.4 Å². The molecule has 4 aromatic rings. The predicted molar refractivity (Wildman–Crippen MR) is 137 cm³/mol. The molecule has 7 nitrogen and oxygen atoms in total. The summed E-state index contributed by atoms with van der Waals surface area (Å²) in [6, 6.07) is 23.8. The number of nitrogens with zero attached hydrogens (tertiary/aromatic N) is 3. The Balaban J connectivity index is 1.23. The molecule has 0 unspecified atom stereocenters. The van der Waals surface area contributed by atoms with Gasteiger partial charge in [-0.15, -0.1) is 0 Å². The molecule has 178 valence electrons. The standard InChI is InChI=1S/C27H26N4O3S/c32-27(31-16-14-30(15-17-31)20-21-6-2-1-3-7-21)22-10-12-24(13-11-22)35(33,34)29-26-19-28-18-23-8-4-5-9-25(23)26/h1-13,18-19,29H,14-17,20H2. The second kappa shape index (κ2) is 9.85. The summed E-state index contributed by atoms with van der Waals surface area (Å²) in [7, 11) is -3.83. The van der Waals surface area contributed by atoms with E-state index in [2.05, 4.69) is 26.7 Å². The number of benzene rings is 3. The number of fused-ring (bicyclic) bond motifs is 1. The zero-order valence-electron chi connectivity index (χ0n) is 19.2. The first-order chi connectivity index (χ1) is 17.0. The van der Waals surface area contributed by atoms with E-state index in [4.69, 9.17) is 0 Å². The molecular weight excluding hydrogens is 460 g/mol. The smallest absolute Gasteiger partial charge is 0.261 e. The van der Waals surface area contributed by atoms with E-state index in [1.165, 1.54) is 23.9 Å². The fraction of sp³-hybridized carbons (Fsp3) is 0.185. The van der Waals surface area contributed by atoms with Gasteiger partial charge in [0.05, 0.1) is 16.8 Å². The number of hydrogen-bond acceptors (Lipinski definition) is 5. The maximum atomic E-state index is 13.0. The molecule has 1 aliphatic heterocycles. The van der Waals surface area contributed by atoms with Gasteiger partial charge in [0.15, 0.2) is 0 Å². The van der Waals surface area contributed by atoms with Gasteiger partial charge >= 0.3 is 0 Å². The zero-order chi connectivity index (χ0) is 24.3. The Labute approximate surface area is 205 Å². The van der Waals surface area contributed by atoms with Crippen LogP contribution in [0.1, 0.15) is 15.9 Å². The Morgan fingerprint density at radius 3 is 2.26 bits per heavy atom. The van der Waals surface area contributed by atoms with E-state index in [0.29, 0.717) is 24.3 Å². The highest BCUT2D eigenvalue weighted by Crippen LogP contribution is 2.25. The van der Waals surface area contributed by atoms with Crippen molar-refractivity contribution in [3.63, 3.8) is 0 Å². The monoisotopic (exact) mass is 486 g/mol. The lowest BCUT2D eigenvalue weighted by atomic mass is 10.1. The third-order valence-corrected chi connectivity index (χ3v) is 7.61. The Kier molecular flexibility index (Phi) is 6.48. The first-order valence-electron chi connectivity index (χ1n) is 11.5. The van der Waals surface area contributed by atoms with Crippen molar-refractivity contribution in [2.45, 2.75) is 11.4 Å². The van der Waals surface area contributed by atoms with Crippen LogP contribution in [0.3, 0.4) is 0 Å². The summed E-state index contributed by atoms with van der Waals surface area (Å²) in [6.45, 7) is 3.75. The molecule has 0 saturated carbocycles. The molecule has 0 spiro atoms. The number of piperazine rings is 1. The Bertz CT molecular complexity index is 1430. The summed E-state index contributed by atoms with van der Waals surface area (Å²) in [5.41, 5.74) is 2.15. The summed E-state index contributed by atoms with van der Waals surface area (Å²) in [5, 5.41) is 1.61. The van der Waals surface area contributed by atoms with Crippen molar-refractivity contribution in [1.82, 2.24) is 14.8 Å². The van der Waals surface area contributed by atoms with Crippen molar-refractivity contribution in [2.24, 2.45) is 0 Å². The van der Waals surface area contributed by atoms with Gasteiger partial charge in [0.2, 0.25) is 0 Å². The minimum absolute atomic E-state index is 0.0838. The highest BCUT2D eigenvalue weighted by molar-refractivity contribution is 7.92. The van der Waals surface area contributed by atoms with E-state index in [0.717, 1.165) is 30.4 Å². The largest absolute Gasteiger partial charge is 0.336 e. The second-order valence-electron chi connectivity index (χ2n) is 8.59. The molecule has 1 aromatic heterocycles. The molecule has 0 atom stereocenters. The van der Waals surface area contributed by atoms with Crippen molar-refractivity contribution in [3.8, 4) is 0 Å². The molecule has 0 aliphatic carbocycles. The topological polar surface area (TPSA) is 82.6 Å². The van der Waals surface area contributed by atoms with Crippen LogP contribution in [-0.2, 0) is 16.6 Å². The molecule has 0 bridgehead atoms. The maximum absolute atomic E-state index is 13.0. The minimum Gasteiger partial charge on any atom is -0.336 e. The van der Waals surface area contributed by atoms with Crippen LogP contribution in [0.15, 0.2) is 96.2 Å². The van der Waals surface area contributed by atoms with E-state index in [-0.39, 0.29) is 10.8 Å². The predicted octanol–water partition coefficient (Wildman–Crippen LogP) is 3.99. The number of nitrogens with one attached hydrogen (secondary N) is 1. The molecule has 1 fully saturated rings. The highest BCUT2D eigenvalue weighted by atomic mass is 32.2. The number of sulfonamides is 1. The summed E-state index contributed by atoms with van der Waals surface area (Å²) in [5.74, 6) is -0.0838. The van der Waals surface area contributed by atoms with Crippen LogP contribution >= 0.6 is 0 Å². The fourth-order valence-corrected chi connectivity index (χ4v) is 5.38. The Morgan fingerprint density at radius 1 is 0.829 bits per heavy atom. The van der Waals surface area contributed by atoms with Crippen molar-refractivity contribution in [2.75, 3.05) is 30.9 Å². The number of pyridine rings is 1. The number of carbonyl (C=O) groups is 1. The third-order valence-electron chi connectivity index (χ3n) is 6.23. The molecule has 1 saturated heterocycles. The first kappa shape index (κ1) is 23.0. The van der Waals surface area contributed by atoms with Crippen molar-refractivity contribution in [1.29, 1.82) is 0 Å². The van der Waals surface area contributed by atoms with Gasteiger partial charge in [0.25, 0.3) is 15.9 Å². The second-order valence-corrected chi connectivity index (χ2v) is 10.3. The molecule has 5 rings (SSSR count).